The fraction of sp³-hybridized carbons (Fsp3) is 0.562. The van der Waals surface area contributed by atoms with Crippen LogP contribution in [0.5, 0.6) is 5.75 Å². The molecule has 22 heavy (non-hydrogen) atoms. The number of carbonyl (C=O) groups excluding carboxylic acids is 1. The normalized spacial score (nSPS) is 19.0. The molecular formula is C16H21BrFNO3. The molecule has 1 heterocycles. The van der Waals surface area contributed by atoms with Crippen LogP contribution in [-0.4, -0.2) is 35.8 Å². The van der Waals surface area contributed by atoms with Crippen LogP contribution in [0.4, 0.5) is 9.18 Å². The van der Waals surface area contributed by atoms with E-state index >= 15 is 0 Å². The summed E-state index contributed by atoms with van der Waals surface area (Å²) in [6.45, 7) is 6.54. The highest BCUT2D eigenvalue weighted by Crippen LogP contribution is 2.25. The predicted molar refractivity (Wildman–Crippen MR) is 85.6 cm³/mol. The first-order valence-electron chi connectivity index (χ1n) is 7.34. The molecule has 0 unspecified atom stereocenters. The predicted octanol–water partition coefficient (Wildman–Crippen LogP) is 4.37. The molecule has 0 spiro atoms. The Hall–Kier alpha value is -1.30. The van der Waals surface area contributed by atoms with Crippen molar-refractivity contribution in [2.45, 2.75) is 45.3 Å². The fourth-order valence-electron chi connectivity index (χ4n) is 2.28. The standard InChI is InChI=1S/C16H21BrFNO3/c1-16(2,3)22-15(20)19-8-4-5-12(10-19)21-14-7-6-11(17)9-13(14)18/h6-7,9,12H,4-5,8,10H2,1-3H3/t12-/m1/s1. The smallest absolute Gasteiger partial charge is 0.410 e. The topological polar surface area (TPSA) is 38.8 Å². The third kappa shape index (κ3) is 4.87. The third-order valence-corrected chi connectivity index (χ3v) is 3.71. The summed E-state index contributed by atoms with van der Waals surface area (Å²) in [4.78, 5) is 13.7. The van der Waals surface area contributed by atoms with Crippen LogP contribution in [0, 0.1) is 5.82 Å². The van der Waals surface area contributed by atoms with Gasteiger partial charge in [-0.2, -0.15) is 0 Å². The highest BCUT2D eigenvalue weighted by atomic mass is 79.9. The largest absolute Gasteiger partial charge is 0.486 e. The summed E-state index contributed by atoms with van der Waals surface area (Å²) in [6, 6.07) is 4.68. The van der Waals surface area contributed by atoms with Gasteiger partial charge in [-0.15, -0.1) is 0 Å². The molecule has 2 rings (SSSR count). The molecule has 0 aliphatic carbocycles. The second-order valence-electron chi connectivity index (χ2n) is 6.38. The zero-order valence-electron chi connectivity index (χ0n) is 13.1. The second-order valence-corrected chi connectivity index (χ2v) is 7.30. The van der Waals surface area contributed by atoms with Gasteiger partial charge in [0.15, 0.2) is 11.6 Å². The van der Waals surface area contributed by atoms with Crippen molar-refractivity contribution in [1.29, 1.82) is 0 Å². The monoisotopic (exact) mass is 373 g/mol. The van der Waals surface area contributed by atoms with E-state index in [1.54, 1.807) is 17.0 Å². The van der Waals surface area contributed by atoms with E-state index in [0.29, 0.717) is 17.6 Å². The summed E-state index contributed by atoms with van der Waals surface area (Å²) in [7, 11) is 0. The fourth-order valence-corrected chi connectivity index (χ4v) is 2.61. The average molecular weight is 374 g/mol. The molecule has 1 atom stereocenters. The molecule has 0 radical (unpaired) electrons. The molecule has 0 bridgehead atoms. The summed E-state index contributed by atoms with van der Waals surface area (Å²) in [5.41, 5.74) is -0.525. The van der Waals surface area contributed by atoms with Gasteiger partial charge in [0.25, 0.3) is 0 Å². The molecular weight excluding hydrogens is 353 g/mol. The van der Waals surface area contributed by atoms with Gasteiger partial charge in [0, 0.05) is 11.0 Å². The van der Waals surface area contributed by atoms with Crippen molar-refractivity contribution in [2.75, 3.05) is 13.1 Å². The number of benzene rings is 1. The molecule has 1 amide bonds. The van der Waals surface area contributed by atoms with Crippen LogP contribution in [0.3, 0.4) is 0 Å². The van der Waals surface area contributed by atoms with Gasteiger partial charge in [-0.3, -0.25) is 0 Å². The van der Waals surface area contributed by atoms with Crippen LogP contribution in [0.25, 0.3) is 0 Å². The van der Waals surface area contributed by atoms with Gasteiger partial charge in [-0.05, 0) is 51.8 Å². The Morgan fingerprint density at radius 3 is 2.77 bits per heavy atom. The molecule has 0 saturated carbocycles. The van der Waals surface area contributed by atoms with E-state index in [1.165, 1.54) is 6.07 Å². The van der Waals surface area contributed by atoms with Crippen LogP contribution in [-0.2, 0) is 4.74 Å². The summed E-state index contributed by atoms with van der Waals surface area (Å²) < 4.78 is 25.6. The van der Waals surface area contributed by atoms with Gasteiger partial charge < -0.3 is 14.4 Å². The van der Waals surface area contributed by atoms with Gasteiger partial charge in [0.1, 0.15) is 11.7 Å². The molecule has 1 aromatic carbocycles. The molecule has 6 heteroatoms. The number of rotatable bonds is 2. The zero-order chi connectivity index (χ0) is 16.3. The second kappa shape index (κ2) is 6.86. The molecule has 0 aromatic heterocycles. The minimum atomic E-state index is -0.525. The summed E-state index contributed by atoms with van der Waals surface area (Å²) >= 11 is 3.21. The van der Waals surface area contributed by atoms with E-state index in [4.69, 9.17) is 9.47 Å². The van der Waals surface area contributed by atoms with Crippen LogP contribution in [0.1, 0.15) is 33.6 Å². The van der Waals surface area contributed by atoms with Crippen LogP contribution >= 0.6 is 15.9 Å². The number of hydrogen-bond donors (Lipinski definition) is 0. The van der Waals surface area contributed by atoms with Gasteiger partial charge in [0.2, 0.25) is 0 Å². The number of nitrogens with zero attached hydrogens (tertiary/aromatic N) is 1. The zero-order valence-corrected chi connectivity index (χ0v) is 14.7. The van der Waals surface area contributed by atoms with Crippen molar-refractivity contribution in [3.63, 3.8) is 0 Å². The lowest BCUT2D eigenvalue weighted by Gasteiger charge is -2.34. The first-order valence-corrected chi connectivity index (χ1v) is 8.13. The number of ether oxygens (including phenoxy) is 2. The van der Waals surface area contributed by atoms with Crippen molar-refractivity contribution in [2.24, 2.45) is 0 Å². The minimum absolute atomic E-state index is 0.208. The van der Waals surface area contributed by atoms with E-state index in [-0.39, 0.29) is 17.9 Å². The summed E-state index contributed by atoms with van der Waals surface area (Å²) in [5, 5.41) is 0. The molecule has 1 aliphatic rings. The Morgan fingerprint density at radius 1 is 1.41 bits per heavy atom. The molecule has 1 saturated heterocycles. The maximum atomic E-state index is 13.8. The Balaban J connectivity index is 1.97. The maximum absolute atomic E-state index is 13.8. The van der Waals surface area contributed by atoms with Crippen LogP contribution < -0.4 is 4.74 Å². The first kappa shape index (κ1) is 17.1. The van der Waals surface area contributed by atoms with Crippen molar-refractivity contribution in [3.8, 4) is 5.75 Å². The summed E-state index contributed by atoms with van der Waals surface area (Å²) in [6.07, 6.45) is 1.02. The van der Waals surface area contributed by atoms with E-state index in [0.717, 1.165) is 12.8 Å². The molecule has 4 nitrogen and oxygen atoms in total. The van der Waals surface area contributed by atoms with Gasteiger partial charge in [-0.25, -0.2) is 9.18 Å². The first-order chi connectivity index (χ1) is 10.2. The van der Waals surface area contributed by atoms with Crippen LogP contribution in [0.2, 0.25) is 0 Å². The van der Waals surface area contributed by atoms with Crippen molar-refractivity contribution < 1.29 is 18.7 Å². The number of amides is 1. The molecule has 1 fully saturated rings. The quantitative estimate of drug-likeness (QED) is 0.772. The molecule has 1 aromatic rings. The third-order valence-electron chi connectivity index (χ3n) is 3.22. The number of halogens is 2. The average Bonchev–Trinajstić information content (AvgIpc) is 2.40. The number of hydrogen-bond acceptors (Lipinski definition) is 3. The van der Waals surface area contributed by atoms with Crippen molar-refractivity contribution >= 4 is 22.0 Å². The number of carbonyl (C=O) groups is 1. The lowest BCUT2D eigenvalue weighted by atomic mass is 10.1. The number of piperidine rings is 1. The van der Waals surface area contributed by atoms with Gasteiger partial charge in [0.05, 0.1) is 6.54 Å². The molecule has 1 aliphatic heterocycles. The SMILES string of the molecule is CC(C)(C)OC(=O)N1CCC[C@@H](Oc2ccc(Br)cc2F)C1. The Morgan fingerprint density at radius 2 is 2.14 bits per heavy atom. The van der Waals surface area contributed by atoms with E-state index in [1.807, 2.05) is 20.8 Å². The Labute approximate surface area is 138 Å². The lowest BCUT2D eigenvalue weighted by molar-refractivity contribution is 0.00736. The van der Waals surface area contributed by atoms with E-state index in [2.05, 4.69) is 15.9 Å². The summed E-state index contributed by atoms with van der Waals surface area (Å²) in [5.74, 6) is -0.206. The molecule has 0 N–H and O–H groups in total. The van der Waals surface area contributed by atoms with E-state index in [9.17, 15) is 9.18 Å². The van der Waals surface area contributed by atoms with Crippen LogP contribution in [0.15, 0.2) is 22.7 Å². The van der Waals surface area contributed by atoms with Crippen molar-refractivity contribution in [3.05, 3.63) is 28.5 Å². The van der Waals surface area contributed by atoms with Gasteiger partial charge in [-0.1, -0.05) is 15.9 Å². The molecule has 122 valence electrons. The minimum Gasteiger partial charge on any atom is -0.486 e. The highest BCUT2D eigenvalue weighted by molar-refractivity contribution is 9.10. The van der Waals surface area contributed by atoms with Gasteiger partial charge >= 0.3 is 6.09 Å². The van der Waals surface area contributed by atoms with E-state index < -0.39 is 11.4 Å². The Kier molecular flexibility index (Phi) is 5.32. The maximum Gasteiger partial charge on any atom is 0.410 e. The van der Waals surface area contributed by atoms with Crippen molar-refractivity contribution in [1.82, 2.24) is 4.90 Å². The number of likely N-dealkylation sites (tertiary alicyclic amines) is 1. The Bertz CT molecular complexity index is 545. The highest BCUT2D eigenvalue weighted by Gasteiger charge is 2.28. The lowest BCUT2D eigenvalue weighted by Crippen LogP contribution is -2.46.